The lowest BCUT2D eigenvalue weighted by molar-refractivity contribution is 0.0601. The van der Waals surface area contributed by atoms with E-state index in [2.05, 4.69) is 5.32 Å². The number of hydrogen-bond donors (Lipinski definition) is 1. The number of ether oxygens (including phenoxy) is 2. The second-order valence-electron chi connectivity index (χ2n) is 7.64. The van der Waals surface area contributed by atoms with E-state index in [1.165, 1.54) is 14.2 Å². The third kappa shape index (κ3) is 4.27. The van der Waals surface area contributed by atoms with Crippen molar-refractivity contribution in [3.05, 3.63) is 81.7 Å². The zero-order valence-corrected chi connectivity index (χ0v) is 19.9. The Labute approximate surface area is 200 Å². The van der Waals surface area contributed by atoms with E-state index >= 15 is 0 Å². The highest BCUT2D eigenvalue weighted by Gasteiger charge is 2.27. The van der Waals surface area contributed by atoms with Crippen molar-refractivity contribution in [1.29, 1.82) is 0 Å². The number of para-hydroxylation sites is 1. The molecule has 2 aromatic carbocycles. The molecule has 0 saturated heterocycles. The van der Waals surface area contributed by atoms with E-state index < -0.39 is 17.8 Å². The average Bonchev–Trinajstić information content (AvgIpc) is 3.17. The van der Waals surface area contributed by atoms with Crippen LogP contribution in [0, 0.1) is 13.8 Å². The molecule has 0 radical (unpaired) electrons. The van der Waals surface area contributed by atoms with Crippen LogP contribution in [0.2, 0.25) is 0 Å². The van der Waals surface area contributed by atoms with Gasteiger partial charge >= 0.3 is 11.9 Å². The number of fused-ring (bicyclic) bond motifs is 1. The quantitative estimate of drug-likeness (QED) is 0.389. The Kier molecular flexibility index (Phi) is 6.43. The molecule has 34 heavy (non-hydrogen) atoms. The van der Waals surface area contributed by atoms with Crippen molar-refractivity contribution in [2.24, 2.45) is 0 Å². The van der Waals surface area contributed by atoms with Gasteiger partial charge in [-0.05, 0) is 37.6 Å². The summed E-state index contributed by atoms with van der Waals surface area (Å²) < 4.78 is 9.70. The van der Waals surface area contributed by atoms with Crippen LogP contribution in [0.25, 0.3) is 22.2 Å². The molecule has 0 saturated carbocycles. The van der Waals surface area contributed by atoms with Gasteiger partial charge in [-0.2, -0.15) is 0 Å². The number of carbonyl (C=O) groups excluding carboxylic acids is 3. The van der Waals surface area contributed by atoms with Gasteiger partial charge < -0.3 is 14.8 Å². The fourth-order valence-electron chi connectivity index (χ4n) is 3.72. The molecule has 0 aliphatic heterocycles. The fourth-order valence-corrected chi connectivity index (χ4v) is 4.83. The number of carbonyl (C=O) groups is 3. The van der Waals surface area contributed by atoms with E-state index in [1.54, 1.807) is 13.0 Å². The highest BCUT2D eigenvalue weighted by atomic mass is 32.1. The molecule has 0 fully saturated rings. The number of methoxy groups -OCH3 is 2. The standard InChI is InChI=1S/C26H22N2O5S/c1-14-8-7-9-16(12-14)20-13-18(17-10-5-6-11-19(17)27-20)23(29)28-24-21(25(30)32-3)15(2)22(34-24)26(31)33-4/h5-13H,1-4H3,(H,28,29). The zero-order valence-electron chi connectivity index (χ0n) is 19.1. The summed E-state index contributed by atoms with van der Waals surface area (Å²) in [7, 11) is 2.50. The topological polar surface area (TPSA) is 94.6 Å². The van der Waals surface area contributed by atoms with Crippen LogP contribution >= 0.6 is 11.3 Å². The summed E-state index contributed by atoms with van der Waals surface area (Å²) in [4.78, 5) is 43.1. The Morgan fingerprint density at radius 1 is 0.912 bits per heavy atom. The number of benzene rings is 2. The molecule has 0 atom stereocenters. The van der Waals surface area contributed by atoms with Gasteiger partial charge in [0.05, 0.1) is 36.6 Å². The third-order valence-electron chi connectivity index (χ3n) is 5.41. The van der Waals surface area contributed by atoms with Crippen LogP contribution in [0.4, 0.5) is 5.00 Å². The Balaban J connectivity index is 1.83. The predicted molar refractivity (Wildman–Crippen MR) is 132 cm³/mol. The van der Waals surface area contributed by atoms with Crippen LogP contribution in [0.15, 0.2) is 54.6 Å². The number of esters is 2. The van der Waals surface area contributed by atoms with Gasteiger partial charge in [0, 0.05) is 10.9 Å². The van der Waals surface area contributed by atoms with Gasteiger partial charge in [-0.15, -0.1) is 11.3 Å². The molecule has 4 rings (SSSR count). The Bertz CT molecular complexity index is 1440. The van der Waals surface area contributed by atoms with Crippen LogP contribution in [0.3, 0.4) is 0 Å². The van der Waals surface area contributed by atoms with E-state index in [9.17, 15) is 14.4 Å². The monoisotopic (exact) mass is 474 g/mol. The summed E-state index contributed by atoms with van der Waals surface area (Å²) in [5, 5.41) is 3.69. The molecule has 7 nitrogen and oxygen atoms in total. The first-order valence-electron chi connectivity index (χ1n) is 10.4. The summed E-state index contributed by atoms with van der Waals surface area (Å²) in [6.07, 6.45) is 0. The van der Waals surface area contributed by atoms with Gasteiger partial charge in [0.15, 0.2) is 0 Å². The lowest BCUT2D eigenvalue weighted by Crippen LogP contribution is -2.15. The van der Waals surface area contributed by atoms with Crippen LogP contribution in [-0.2, 0) is 9.47 Å². The molecule has 4 aromatic rings. The maximum Gasteiger partial charge on any atom is 0.348 e. The molecule has 0 aliphatic rings. The maximum absolute atomic E-state index is 13.5. The second kappa shape index (κ2) is 9.44. The van der Waals surface area contributed by atoms with E-state index in [4.69, 9.17) is 14.5 Å². The fraction of sp³-hybridized carbons (Fsp3) is 0.154. The largest absolute Gasteiger partial charge is 0.465 e. The lowest BCUT2D eigenvalue weighted by Gasteiger charge is -2.11. The van der Waals surface area contributed by atoms with E-state index in [0.717, 1.165) is 22.5 Å². The summed E-state index contributed by atoms with van der Waals surface area (Å²) >= 11 is 0.970. The minimum atomic E-state index is -0.653. The van der Waals surface area contributed by atoms with Crippen LogP contribution in [0.1, 0.15) is 41.5 Å². The molecule has 1 amide bonds. The number of nitrogens with one attached hydrogen (secondary N) is 1. The smallest absolute Gasteiger partial charge is 0.348 e. The third-order valence-corrected chi connectivity index (χ3v) is 6.60. The number of aryl methyl sites for hydroxylation is 1. The highest BCUT2D eigenvalue weighted by Crippen LogP contribution is 2.35. The minimum absolute atomic E-state index is 0.124. The molecule has 2 aromatic heterocycles. The SMILES string of the molecule is COC(=O)c1sc(NC(=O)c2cc(-c3cccc(C)c3)nc3ccccc23)c(C(=O)OC)c1C. The zero-order chi connectivity index (χ0) is 24.4. The summed E-state index contributed by atoms with van der Waals surface area (Å²) in [6.45, 7) is 3.60. The average molecular weight is 475 g/mol. The van der Waals surface area contributed by atoms with Gasteiger partial charge in [0.2, 0.25) is 0 Å². The van der Waals surface area contributed by atoms with Crippen molar-refractivity contribution in [3.8, 4) is 11.3 Å². The number of thiophene rings is 1. The Morgan fingerprint density at radius 2 is 1.65 bits per heavy atom. The number of pyridine rings is 1. The second-order valence-corrected chi connectivity index (χ2v) is 8.66. The maximum atomic E-state index is 13.5. The summed E-state index contributed by atoms with van der Waals surface area (Å²) in [5.41, 5.74) is 4.18. The molecule has 0 aliphatic carbocycles. The van der Waals surface area contributed by atoms with Crippen molar-refractivity contribution in [2.45, 2.75) is 13.8 Å². The minimum Gasteiger partial charge on any atom is -0.465 e. The molecule has 0 unspecified atom stereocenters. The Morgan fingerprint density at radius 3 is 2.35 bits per heavy atom. The number of nitrogens with zero attached hydrogens (tertiary/aromatic N) is 1. The van der Waals surface area contributed by atoms with Crippen LogP contribution in [0.5, 0.6) is 0 Å². The number of aromatic nitrogens is 1. The predicted octanol–water partition coefficient (Wildman–Crippen LogP) is 5.41. The number of amides is 1. The van der Waals surface area contributed by atoms with Gasteiger partial charge in [0.25, 0.3) is 5.91 Å². The lowest BCUT2D eigenvalue weighted by atomic mass is 10.0. The first-order chi connectivity index (χ1) is 16.3. The van der Waals surface area contributed by atoms with Crippen molar-refractivity contribution in [3.63, 3.8) is 0 Å². The van der Waals surface area contributed by atoms with Crippen molar-refractivity contribution in [2.75, 3.05) is 19.5 Å². The molecule has 0 spiro atoms. The van der Waals surface area contributed by atoms with Gasteiger partial charge in [-0.3, -0.25) is 4.79 Å². The molecule has 172 valence electrons. The highest BCUT2D eigenvalue weighted by molar-refractivity contribution is 7.18. The van der Waals surface area contributed by atoms with Gasteiger partial charge in [-0.25, -0.2) is 14.6 Å². The molecule has 2 heterocycles. The normalized spacial score (nSPS) is 10.7. The summed E-state index contributed by atoms with van der Waals surface area (Å²) in [5.74, 6) is -1.68. The molecule has 0 bridgehead atoms. The first kappa shape index (κ1) is 23.1. The van der Waals surface area contributed by atoms with Gasteiger partial charge in [0.1, 0.15) is 9.88 Å². The first-order valence-corrected chi connectivity index (χ1v) is 11.2. The number of rotatable bonds is 5. The summed E-state index contributed by atoms with van der Waals surface area (Å²) in [6, 6.07) is 16.9. The molecular weight excluding hydrogens is 452 g/mol. The molecule has 8 heteroatoms. The Hall–Kier alpha value is -4.04. The van der Waals surface area contributed by atoms with Crippen molar-refractivity contribution in [1.82, 2.24) is 4.98 Å². The van der Waals surface area contributed by atoms with Gasteiger partial charge in [-0.1, -0.05) is 42.0 Å². The van der Waals surface area contributed by atoms with E-state index in [1.807, 2.05) is 55.5 Å². The van der Waals surface area contributed by atoms with Crippen molar-refractivity contribution >= 4 is 45.1 Å². The number of hydrogen-bond acceptors (Lipinski definition) is 7. The molecular formula is C26H22N2O5S. The van der Waals surface area contributed by atoms with Crippen molar-refractivity contribution < 1.29 is 23.9 Å². The number of anilines is 1. The molecule has 1 N–H and O–H groups in total. The van der Waals surface area contributed by atoms with E-state index in [0.29, 0.717) is 27.7 Å². The van der Waals surface area contributed by atoms with Crippen LogP contribution in [-0.4, -0.2) is 37.0 Å². The van der Waals surface area contributed by atoms with E-state index in [-0.39, 0.29) is 15.4 Å². The van der Waals surface area contributed by atoms with Crippen LogP contribution < -0.4 is 5.32 Å².